The van der Waals surface area contributed by atoms with Gasteiger partial charge in [-0.05, 0) is 37.3 Å². The third-order valence-corrected chi connectivity index (χ3v) is 3.90. The van der Waals surface area contributed by atoms with Crippen molar-refractivity contribution in [2.45, 2.75) is 6.92 Å². The molecule has 124 valence electrons. The highest BCUT2D eigenvalue weighted by molar-refractivity contribution is 5.81. The zero-order valence-corrected chi connectivity index (χ0v) is 13.6. The Morgan fingerprint density at radius 1 is 0.920 bits per heavy atom. The van der Waals surface area contributed by atoms with Crippen LogP contribution in [0.1, 0.15) is 5.56 Å². The van der Waals surface area contributed by atoms with Gasteiger partial charge in [-0.15, -0.1) is 10.2 Å². The van der Waals surface area contributed by atoms with Crippen molar-refractivity contribution in [1.29, 1.82) is 0 Å². The summed E-state index contributed by atoms with van der Waals surface area (Å²) in [4.78, 5) is 12.3. The summed E-state index contributed by atoms with van der Waals surface area (Å²) >= 11 is 0. The van der Waals surface area contributed by atoms with Crippen LogP contribution in [-0.4, -0.2) is 17.3 Å². The Balaban J connectivity index is 1.78. The van der Waals surface area contributed by atoms with Crippen molar-refractivity contribution >= 4 is 11.0 Å². The lowest BCUT2D eigenvalue weighted by atomic mass is 10.1. The summed E-state index contributed by atoms with van der Waals surface area (Å²) in [6, 6.07) is 14.6. The Labute approximate surface area is 142 Å². The molecule has 0 aliphatic rings. The van der Waals surface area contributed by atoms with Crippen LogP contribution < -0.4 is 10.4 Å². The molecule has 0 unspecified atom stereocenters. The molecule has 2 heterocycles. The number of aromatic nitrogens is 2. The van der Waals surface area contributed by atoms with E-state index < -0.39 is 5.63 Å². The van der Waals surface area contributed by atoms with Gasteiger partial charge in [0.15, 0.2) is 0 Å². The van der Waals surface area contributed by atoms with Crippen molar-refractivity contribution in [3.8, 4) is 28.7 Å². The van der Waals surface area contributed by atoms with Gasteiger partial charge in [0.1, 0.15) is 16.9 Å². The number of methoxy groups -OCH3 is 1. The molecular formula is C19H14N2O4. The number of aryl methyl sites for hydroxylation is 1. The van der Waals surface area contributed by atoms with Gasteiger partial charge in [0.05, 0.1) is 7.11 Å². The van der Waals surface area contributed by atoms with Crippen LogP contribution in [0.5, 0.6) is 5.75 Å². The van der Waals surface area contributed by atoms with Gasteiger partial charge >= 0.3 is 5.63 Å². The highest BCUT2D eigenvalue weighted by Gasteiger charge is 2.16. The Morgan fingerprint density at radius 3 is 2.44 bits per heavy atom. The molecule has 0 bridgehead atoms. The molecule has 0 radical (unpaired) electrons. The van der Waals surface area contributed by atoms with Crippen molar-refractivity contribution in [2.24, 2.45) is 0 Å². The number of rotatable bonds is 3. The van der Waals surface area contributed by atoms with E-state index in [1.54, 1.807) is 31.4 Å². The maximum atomic E-state index is 12.3. The molecule has 4 aromatic rings. The zero-order valence-electron chi connectivity index (χ0n) is 13.6. The second-order valence-electron chi connectivity index (χ2n) is 5.63. The largest absolute Gasteiger partial charge is 0.497 e. The SMILES string of the molecule is COc1ccc2cc(-c3nnc(-c4ccc(C)cc4)o3)c(=O)oc2c1. The standard InChI is InChI=1S/C19H14N2O4/c1-11-3-5-12(6-4-11)17-20-21-18(25-17)15-9-13-7-8-14(23-2)10-16(13)24-19(15)22/h3-10H,1-2H3. The third kappa shape index (κ3) is 2.78. The molecule has 0 aliphatic heterocycles. The van der Waals surface area contributed by atoms with Gasteiger partial charge in [-0.3, -0.25) is 0 Å². The van der Waals surface area contributed by atoms with Gasteiger partial charge in [0.25, 0.3) is 5.89 Å². The fourth-order valence-corrected chi connectivity index (χ4v) is 2.51. The average Bonchev–Trinajstić information content (AvgIpc) is 3.11. The van der Waals surface area contributed by atoms with Crippen LogP contribution in [0.2, 0.25) is 0 Å². The highest BCUT2D eigenvalue weighted by Crippen LogP contribution is 2.26. The predicted octanol–water partition coefficient (Wildman–Crippen LogP) is 3.83. The zero-order chi connectivity index (χ0) is 17.4. The molecule has 0 aliphatic carbocycles. The van der Waals surface area contributed by atoms with E-state index in [4.69, 9.17) is 13.6 Å². The maximum Gasteiger partial charge on any atom is 0.349 e. The summed E-state index contributed by atoms with van der Waals surface area (Å²) in [6.07, 6.45) is 0. The van der Waals surface area contributed by atoms with Crippen LogP contribution in [0.15, 0.2) is 62.2 Å². The minimum absolute atomic E-state index is 0.127. The molecular weight excluding hydrogens is 320 g/mol. The quantitative estimate of drug-likeness (QED) is 0.530. The summed E-state index contributed by atoms with van der Waals surface area (Å²) in [5, 5.41) is 8.75. The topological polar surface area (TPSA) is 78.4 Å². The lowest BCUT2D eigenvalue weighted by Crippen LogP contribution is -2.03. The summed E-state index contributed by atoms with van der Waals surface area (Å²) in [5.74, 6) is 1.09. The summed E-state index contributed by atoms with van der Waals surface area (Å²) in [7, 11) is 1.55. The second kappa shape index (κ2) is 5.90. The van der Waals surface area contributed by atoms with Crippen LogP contribution in [0.4, 0.5) is 0 Å². The van der Waals surface area contributed by atoms with E-state index in [1.807, 2.05) is 31.2 Å². The first kappa shape index (κ1) is 15.1. The summed E-state index contributed by atoms with van der Waals surface area (Å²) < 4.78 is 16.2. The second-order valence-corrected chi connectivity index (χ2v) is 5.63. The predicted molar refractivity (Wildman–Crippen MR) is 92.5 cm³/mol. The van der Waals surface area contributed by atoms with E-state index >= 15 is 0 Å². The molecule has 0 amide bonds. The number of fused-ring (bicyclic) bond motifs is 1. The van der Waals surface area contributed by atoms with Crippen molar-refractivity contribution in [1.82, 2.24) is 10.2 Å². The van der Waals surface area contributed by atoms with Gasteiger partial charge in [-0.1, -0.05) is 17.7 Å². The van der Waals surface area contributed by atoms with Crippen molar-refractivity contribution in [2.75, 3.05) is 7.11 Å². The van der Waals surface area contributed by atoms with Crippen LogP contribution in [0.25, 0.3) is 33.9 Å². The first-order valence-corrected chi connectivity index (χ1v) is 7.67. The van der Waals surface area contributed by atoms with E-state index in [2.05, 4.69) is 10.2 Å². The fraction of sp³-hybridized carbons (Fsp3) is 0.105. The highest BCUT2D eigenvalue weighted by atomic mass is 16.5. The summed E-state index contributed by atoms with van der Waals surface area (Å²) in [6.45, 7) is 2.00. The summed E-state index contributed by atoms with van der Waals surface area (Å²) in [5.41, 5.74) is 2.04. The minimum atomic E-state index is -0.542. The molecule has 6 heteroatoms. The molecule has 0 spiro atoms. The normalized spacial score (nSPS) is 11.0. The average molecular weight is 334 g/mol. The van der Waals surface area contributed by atoms with Gasteiger partial charge in [0, 0.05) is 17.0 Å². The number of nitrogens with zero attached hydrogens (tertiary/aromatic N) is 2. The molecule has 0 atom stereocenters. The number of ether oxygens (including phenoxy) is 1. The molecule has 0 fully saturated rings. The minimum Gasteiger partial charge on any atom is -0.497 e. The third-order valence-electron chi connectivity index (χ3n) is 3.90. The number of hydrogen-bond acceptors (Lipinski definition) is 6. The van der Waals surface area contributed by atoms with E-state index in [0.29, 0.717) is 17.2 Å². The Bertz CT molecular complexity index is 1110. The van der Waals surface area contributed by atoms with E-state index in [9.17, 15) is 4.79 Å². The molecule has 2 aromatic heterocycles. The number of hydrogen-bond donors (Lipinski definition) is 0. The Kier molecular flexibility index (Phi) is 3.57. The van der Waals surface area contributed by atoms with Crippen LogP contribution in [-0.2, 0) is 0 Å². The monoisotopic (exact) mass is 334 g/mol. The molecule has 6 nitrogen and oxygen atoms in total. The van der Waals surface area contributed by atoms with E-state index in [-0.39, 0.29) is 11.5 Å². The van der Waals surface area contributed by atoms with Crippen molar-refractivity contribution in [3.05, 3.63) is 64.5 Å². The van der Waals surface area contributed by atoms with Crippen LogP contribution in [0, 0.1) is 6.92 Å². The van der Waals surface area contributed by atoms with Gasteiger partial charge in [-0.25, -0.2) is 4.79 Å². The molecule has 0 saturated carbocycles. The molecule has 0 N–H and O–H groups in total. The molecule has 0 saturated heterocycles. The molecule has 2 aromatic carbocycles. The van der Waals surface area contributed by atoms with E-state index in [1.165, 1.54) is 0 Å². The fourth-order valence-electron chi connectivity index (χ4n) is 2.51. The van der Waals surface area contributed by atoms with Crippen LogP contribution >= 0.6 is 0 Å². The lowest BCUT2D eigenvalue weighted by Gasteiger charge is -2.02. The lowest BCUT2D eigenvalue weighted by molar-refractivity contribution is 0.414. The molecule has 25 heavy (non-hydrogen) atoms. The van der Waals surface area contributed by atoms with Crippen molar-refractivity contribution < 1.29 is 13.6 Å². The van der Waals surface area contributed by atoms with E-state index in [0.717, 1.165) is 16.5 Å². The van der Waals surface area contributed by atoms with Gasteiger partial charge in [-0.2, -0.15) is 0 Å². The Morgan fingerprint density at radius 2 is 1.68 bits per heavy atom. The first-order chi connectivity index (χ1) is 12.1. The Hall–Kier alpha value is -3.41. The van der Waals surface area contributed by atoms with Gasteiger partial charge in [0.2, 0.25) is 5.89 Å². The smallest absolute Gasteiger partial charge is 0.349 e. The van der Waals surface area contributed by atoms with Gasteiger partial charge < -0.3 is 13.6 Å². The molecule has 4 rings (SSSR count). The number of benzene rings is 2. The van der Waals surface area contributed by atoms with Crippen molar-refractivity contribution in [3.63, 3.8) is 0 Å². The van der Waals surface area contributed by atoms with Crippen LogP contribution in [0.3, 0.4) is 0 Å². The maximum absolute atomic E-state index is 12.3. The first-order valence-electron chi connectivity index (χ1n) is 7.67.